The number of aryl methyl sites for hydroxylation is 3. The highest BCUT2D eigenvalue weighted by Crippen LogP contribution is 2.38. The normalized spacial score (nSPS) is 15.3. The quantitative estimate of drug-likeness (QED) is 0.915. The van der Waals surface area contributed by atoms with Crippen molar-refractivity contribution < 1.29 is 14.3 Å². The van der Waals surface area contributed by atoms with Gasteiger partial charge in [-0.3, -0.25) is 14.5 Å². The molecule has 2 aromatic carbocycles. The van der Waals surface area contributed by atoms with E-state index in [0.29, 0.717) is 11.4 Å². The maximum absolute atomic E-state index is 12.8. The van der Waals surface area contributed by atoms with Crippen LogP contribution in [-0.4, -0.2) is 24.0 Å². The molecule has 1 heterocycles. The van der Waals surface area contributed by atoms with Gasteiger partial charge >= 0.3 is 0 Å². The lowest BCUT2D eigenvalue weighted by atomic mass is 10.0. The number of carbonyl (C=O) groups excluding carboxylic acids is 2. The summed E-state index contributed by atoms with van der Waals surface area (Å²) in [4.78, 5) is 27.0. The van der Waals surface area contributed by atoms with Crippen molar-refractivity contribution in [3.63, 3.8) is 0 Å². The first kappa shape index (κ1) is 18.0. The summed E-state index contributed by atoms with van der Waals surface area (Å²) < 4.78 is 5.83. The van der Waals surface area contributed by atoms with Crippen molar-refractivity contribution in [2.24, 2.45) is 0 Å². The molecular formula is C21H24N2O3. The van der Waals surface area contributed by atoms with Crippen LogP contribution in [0.25, 0.3) is 0 Å². The van der Waals surface area contributed by atoms with E-state index in [2.05, 4.69) is 5.32 Å². The number of benzene rings is 2. The smallest absolute Gasteiger partial charge is 0.271 e. The number of anilines is 2. The summed E-state index contributed by atoms with van der Waals surface area (Å²) in [7, 11) is 0. The molecule has 0 spiro atoms. The predicted molar refractivity (Wildman–Crippen MR) is 103 cm³/mol. The molecule has 0 aliphatic carbocycles. The summed E-state index contributed by atoms with van der Waals surface area (Å²) >= 11 is 0. The number of nitrogens with zero attached hydrogens (tertiary/aromatic N) is 1. The highest BCUT2D eigenvalue weighted by atomic mass is 16.5. The molecule has 1 N–H and O–H groups in total. The predicted octanol–water partition coefficient (Wildman–Crippen LogP) is 3.75. The van der Waals surface area contributed by atoms with E-state index in [1.807, 2.05) is 57.2 Å². The molecule has 5 heteroatoms. The monoisotopic (exact) mass is 352 g/mol. The van der Waals surface area contributed by atoms with Gasteiger partial charge in [0, 0.05) is 5.69 Å². The van der Waals surface area contributed by atoms with E-state index in [1.165, 1.54) is 4.90 Å². The molecule has 0 atom stereocenters. The van der Waals surface area contributed by atoms with Crippen molar-refractivity contribution in [2.45, 2.75) is 40.2 Å². The lowest BCUT2D eigenvalue weighted by Crippen LogP contribution is -2.54. The Morgan fingerprint density at radius 2 is 1.69 bits per heavy atom. The number of hydrogen-bond donors (Lipinski definition) is 1. The zero-order valence-corrected chi connectivity index (χ0v) is 15.8. The van der Waals surface area contributed by atoms with Crippen LogP contribution >= 0.6 is 0 Å². The van der Waals surface area contributed by atoms with E-state index in [0.717, 1.165) is 22.4 Å². The molecule has 0 fully saturated rings. The zero-order valence-electron chi connectivity index (χ0n) is 15.8. The second-order valence-corrected chi connectivity index (χ2v) is 7.40. The minimum Gasteiger partial charge on any atom is -0.476 e. The van der Waals surface area contributed by atoms with E-state index in [9.17, 15) is 9.59 Å². The molecule has 5 nitrogen and oxygen atoms in total. The fourth-order valence-corrected chi connectivity index (χ4v) is 3.23. The van der Waals surface area contributed by atoms with Crippen molar-refractivity contribution >= 4 is 23.2 Å². The first-order valence-corrected chi connectivity index (χ1v) is 8.65. The number of amides is 2. The van der Waals surface area contributed by atoms with Gasteiger partial charge in [-0.25, -0.2) is 0 Å². The summed E-state index contributed by atoms with van der Waals surface area (Å²) in [5.74, 6) is 0.138. The molecular weight excluding hydrogens is 328 g/mol. The Morgan fingerprint density at radius 3 is 2.35 bits per heavy atom. The Morgan fingerprint density at radius 1 is 1.04 bits per heavy atom. The van der Waals surface area contributed by atoms with E-state index in [1.54, 1.807) is 13.8 Å². The largest absolute Gasteiger partial charge is 0.476 e. The SMILES string of the molecule is Cc1cc(C)cc(NC(=O)CN2C(=O)C(C)(C)Oc3ccc(C)cc32)c1. The van der Waals surface area contributed by atoms with Gasteiger partial charge in [-0.2, -0.15) is 0 Å². The van der Waals surface area contributed by atoms with Crippen LogP contribution in [0.4, 0.5) is 11.4 Å². The molecule has 26 heavy (non-hydrogen) atoms. The third-order valence-corrected chi connectivity index (χ3v) is 4.34. The van der Waals surface area contributed by atoms with Crippen molar-refractivity contribution in [3.8, 4) is 5.75 Å². The minimum atomic E-state index is -1.01. The van der Waals surface area contributed by atoms with Crippen LogP contribution in [0.15, 0.2) is 36.4 Å². The average molecular weight is 352 g/mol. The molecule has 0 saturated heterocycles. The zero-order chi connectivity index (χ0) is 19.1. The van der Waals surface area contributed by atoms with Crippen molar-refractivity contribution in [3.05, 3.63) is 53.1 Å². The van der Waals surface area contributed by atoms with Gasteiger partial charge in [0.2, 0.25) is 5.91 Å². The Labute approximate surface area is 154 Å². The summed E-state index contributed by atoms with van der Waals surface area (Å²) in [6, 6.07) is 11.5. The van der Waals surface area contributed by atoms with Crippen LogP contribution in [0.1, 0.15) is 30.5 Å². The van der Waals surface area contributed by atoms with Crippen molar-refractivity contribution in [2.75, 3.05) is 16.8 Å². The third kappa shape index (κ3) is 3.57. The summed E-state index contributed by atoms with van der Waals surface area (Å²) in [5.41, 5.74) is 3.50. The van der Waals surface area contributed by atoms with Crippen LogP contribution in [0.5, 0.6) is 5.75 Å². The molecule has 1 aliphatic heterocycles. The Bertz CT molecular complexity index is 867. The van der Waals surface area contributed by atoms with Gasteiger partial charge in [0.25, 0.3) is 5.91 Å². The molecule has 0 bridgehead atoms. The van der Waals surface area contributed by atoms with Gasteiger partial charge in [-0.05, 0) is 75.6 Å². The first-order valence-electron chi connectivity index (χ1n) is 8.65. The van der Waals surface area contributed by atoms with Gasteiger partial charge in [0.1, 0.15) is 12.3 Å². The van der Waals surface area contributed by atoms with Gasteiger partial charge in [-0.1, -0.05) is 12.1 Å². The first-order chi connectivity index (χ1) is 12.2. The van der Waals surface area contributed by atoms with Crippen molar-refractivity contribution in [1.29, 1.82) is 0 Å². The lowest BCUT2D eigenvalue weighted by molar-refractivity contribution is -0.133. The highest BCUT2D eigenvalue weighted by molar-refractivity contribution is 6.07. The molecule has 0 aromatic heterocycles. The lowest BCUT2D eigenvalue weighted by Gasteiger charge is -2.38. The number of nitrogens with one attached hydrogen (secondary N) is 1. The molecule has 136 valence electrons. The van der Waals surface area contributed by atoms with Crippen LogP contribution in [0.3, 0.4) is 0 Å². The van der Waals surface area contributed by atoms with Crippen LogP contribution in [0, 0.1) is 20.8 Å². The van der Waals surface area contributed by atoms with Crippen LogP contribution in [0.2, 0.25) is 0 Å². The Balaban J connectivity index is 1.86. The maximum atomic E-state index is 12.8. The Hall–Kier alpha value is -2.82. The molecule has 1 aliphatic rings. The number of fused-ring (bicyclic) bond motifs is 1. The molecule has 0 radical (unpaired) electrons. The van der Waals surface area contributed by atoms with E-state index < -0.39 is 5.60 Å². The van der Waals surface area contributed by atoms with Crippen molar-refractivity contribution in [1.82, 2.24) is 0 Å². The fourth-order valence-electron chi connectivity index (χ4n) is 3.23. The number of ether oxygens (including phenoxy) is 1. The second kappa shape index (κ2) is 6.48. The highest BCUT2D eigenvalue weighted by Gasteiger charge is 2.41. The average Bonchev–Trinajstić information content (AvgIpc) is 2.51. The maximum Gasteiger partial charge on any atom is 0.271 e. The molecule has 2 amide bonds. The summed E-state index contributed by atoms with van der Waals surface area (Å²) in [6.45, 7) is 9.28. The van der Waals surface area contributed by atoms with Gasteiger partial charge in [0.15, 0.2) is 5.60 Å². The molecule has 0 unspecified atom stereocenters. The van der Waals surface area contributed by atoms with E-state index >= 15 is 0 Å². The number of carbonyl (C=O) groups is 2. The number of hydrogen-bond acceptors (Lipinski definition) is 3. The van der Waals surface area contributed by atoms with E-state index in [-0.39, 0.29) is 18.4 Å². The van der Waals surface area contributed by atoms with Gasteiger partial charge in [-0.15, -0.1) is 0 Å². The second-order valence-electron chi connectivity index (χ2n) is 7.40. The van der Waals surface area contributed by atoms with Crippen LogP contribution < -0.4 is 15.0 Å². The van der Waals surface area contributed by atoms with Gasteiger partial charge in [0.05, 0.1) is 5.69 Å². The third-order valence-electron chi connectivity index (χ3n) is 4.34. The molecule has 3 rings (SSSR count). The molecule has 2 aromatic rings. The summed E-state index contributed by atoms with van der Waals surface area (Å²) in [5, 5.41) is 2.89. The van der Waals surface area contributed by atoms with Crippen LogP contribution in [-0.2, 0) is 9.59 Å². The standard InChI is InChI=1S/C21H24N2O3/c1-13-6-7-18-17(11-13)23(20(25)21(4,5)26-18)12-19(24)22-16-9-14(2)8-15(3)10-16/h6-11H,12H2,1-5H3,(H,22,24). The molecule has 0 saturated carbocycles. The fraction of sp³-hybridized carbons (Fsp3) is 0.333. The minimum absolute atomic E-state index is 0.0605. The topological polar surface area (TPSA) is 58.6 Å². The van der Waals surface area contributed by atoms with E-state index in [4.69, 9.17) is 4.74 Å². The van der Waals surface area contributed by atoms with Gasteiger partial charge < -0.3 is 10.1 Å². The Kier molecular flexibility index (Phi) is 4.48. The number of rotatable bonds is 3. The summed E-state index contributed by atoms with van der Waals surface area (Å²) in [6.07, 6.45) is 0.